The standard InChI is InChI=1S/C15H25NOS/c1-10-8-15(12(3)18-10)11(2)16-13-6-5-7-14(9-13)17-4/h8,11,13-14,16H,5-7,9H2,1-4H3. The number of ether oxygens (including phenoxy) is 1. The molecule has 3 atom stereocenters. The van der Waals surface area contributed by atoms with E-state index in [0.29, 0.717) is 18.2 Å². The Hall–Kier alpha value is -0.380. The van der Waals surface area contributed by atoms with E-state index in [0.717, 1.165) is 6.42 Å². The second kappa shape index (κ2) is 6.18. The number of thiophene rings is 1. The predicted octanol–water partition coefficient (Wildman–Crippen LogP) is 3.97. The smallest absolute Gasteiger partial charge is 0.0586 e. The van der Waals surface area contributed by atoms with Gasteiger partial charge in [-0.2, -0.15) is 0 Å². The molecule has 0 aromatic carbocycles. The molecule has 2 nitrogen and oxygen atoms in total. The number of rotatable bonds is 4. The first-order chi connectivity index (χ1) is 8.60. The molecule has 1 N–H and O–H groups in total. The van der Waals surface area contributed by atoms with Crippen LogP contribution in [0.2, 0.25) is 0 Å². The molecular formula is C15H25NOS. The van der Waals surface area contributed by atoms with E-state index >= 15 is 0 Å². The van der Waals surface area contributed by atoms with E-state index in [1.165, 1.54) is 34.6 Å². The van der Waals surface area contributed by atoms with Gasteiger partial charge in [0.25, 0.3) is 0 Å². The molecule has 18 heavy (non-hydrogen) atoms. The van der Waals surface area contributed by atoms with Gasteiger partial charge in [0.2, 0.25) is 0 Å². The quantitative estimate of drug-likeness (QED) is 0.891. The Morgan fingerprint density at radius 3 is 2.78 bits per heavy atom. The van der Waals surface area contributed by atoms with Crippen molar-refractivity contribution in [2.24, 2.45) is 0 Å². The third-order valence-corrected chi connectivity index (χ3v) is 4.97. The maximum absolute atomic E-state index is 5.50. The summed E-state index contributed by atoms with van der Waals surface area (Å²) in [4.78, 5) is 2.86. The van der Waals surface area contributed by atoms with E-state index in [9.17, 15) is 0 Å². The van der Waals surface area contributed by atoms with Crippen molar-refractivity contribution in [1.29, 1.82) is 0 Å². The van der Waals surface area contributed by atoms with Crippen molar-refractivity contribution < 1.29 is 4.74 Å². The molecule has 3 heteroatoms. The Morgan fingerprint density at radius 1 is 1.39 bits per heavy atom. The number of nitrogens with one attached hydrogen (secondary N) is 1. The summed E-state index contributed by atoms with van der Waals surface area (Å²) in [6.07, 6.45) is 5.40. The van der Waals surface area contributed by atoms with Gasteiger partial charge in [-0.3, -0.25) is 0 Å². The van der Waals surface area contributed by atoms with Gasteiger partial charge < -0.3 is 10.1 Å². The van der Waals surface area contributed by atoms with E-state index in [-0.39, 0.29) is 0 Å². The summed E-state index contributed by atoms with van der Waals surface area (Å²) in [5.41, 5.74) is 1.47. The van der Waals surface area contributed by atoms with Gasteiger partial charge in [-0.15, -0.1) is 11.3 Å². The molecule has 2 rings (SSSR count). The third kappa shape index (κ3) is 3.34. The fourth-order valence-corrected chi connectivity index (χ4v) is 4.06. The van der Waals surface area contributed by atoms with Crippen LogP contribution in [0, 0.1) is 13.8 Å². The summed E-state index contributed by atoms with van der Waals surface area (Å²) >= 11 is 1.90. The zero-order chi connectivity index (χ0) is 13.1. The molecule has 3 unspecified atom stereocenters. The summed E-state index contributed by atoms with van der Waals surface area (Å²) in [6.45, 7) is 6.70. The summed E-state index contributed by atoms with van der Waals surface area (Å²) in [5.74, 6) is 0. The average molecular weight is 267 g/mol. The molecular weight excluding hydrogens is 242 g/mol. The molecule has 0 radical (unpaired) electrons. The molecule has 1 aliphatic rings. The van der Waals surface area contributed by atoms with Crippen LogP contribution in [-0.4, -0.2) is 19.3 Å². The lowest BCUT2D eigenvalue weighted by molar-refractivity contribution is 0.0572. The molecule has 1 aromatic rings. The SMILES string of the molecule is COC1CCCC(NC(C)c2cc(C)sc2C)C1. The summed E-state index contributed by atoms with van der Waals surface area (Å²) in [7, 11) is 1.84. The van der Waals surface area contributed by atoms with Crippen LogP contribution in [0.15, 0.2) is 6.07 Å². The Morgan fingerprint density at radius 2 is 2.17 bits per heavy atom. The molecule has 0 bridgehead atoms. The van der Waals surface area contributed by atoms with Crippen LogP contribution in [0.3, 0.4) is 0 Å². The molecule has 1 fully saturated rings. The van der Waals surface area contributed by atoms with E-state index < -0.39 is 0 Å². The van der Waals surface area contributed by atoms with Crippen molar-refractivity contribution in [3.8, 4) is 0 Å². The normalized spacial score (nSPS) is 26.2. The van der Waals surface area contributed by atoms with Gasteiger partial charge in [-0.25, -0.2) is 0 Å². The number of aryl methyl sites for hydroxylation is 2. The Bertz CT molecular complexity index is 388. The molecule has 0 spiro atoms. The van der Waals surface area contributed by atoms with Gasteiger partial charge in [-0.05, 0) is 58.1 Å². The lowest BCUT2D eigenvalue weighted by Gasteiger charge is -2.31. The zero-order valence-electron chi connectivity index (χ0n) is 12.0. The van der Waals surface area contributed by atoms with Crippen LogP contribution in [0.1, 0.15) is 54.0 Å². The third-order valence-electron chi connectivity index (χ3n) is 3.99. The van der Waals surface area contributed by atoms with Crippen molar-refractivity contribution in [3.63, 3.8) is 0 Å². The zero-order valence-corrected chi connectivity index (χ0v) is 12.8. The molecule has 1 saturated carbocycles. The number of methoxy groups -OCH3 is 1. The van der Waals surface area contributed by atoms with Crippen LogP contribution >= 0.6 is 11.3 Å². The van der Waals surface area contributed by atoms with Gasteiger partial charge in [0.1, 0.15) is 0 Å². The van der Waals surface area contributed by atoms with Crippen molar-refractivity contribution in [2.75, 3.05) is 7.11 Å². The minimum Gasteiger partial charge on any atom is -0.381 e. The van der Waals surface area contributed by atoms with Gasteiger partial charge >= 0.3 is 0 Å². The van der Waals surface area contributed by atoms with E-state index in [1.54, 1.807) is 0 Å². The topological polar surface area (TPSA) is 21.3 Å². The fourth-order valence-electron chi connectivity index (χ4n) is 3.03. The molecule has 0 aliphatic heterocycles. The van der Waals surface area contributed by atoms with Crippen molar-refractivity contribution in [2.45, 2.75) is 64.6 Å². The lowest BCUT2D eigenvalue weighted by Crippen LogP contribution is -2.38. The molecule has 1 heterocycles. The van der Waals surface area contributed by atoms with Gasteiger partial charge in [-0.1, -0.05) is 0 Å². The largest absolute Gasteiger partial charge is 0.381 e. The molecule has 0 saturated heterocycles. The second-order valence-corrected chi connectivity index (χ2v) is 6.94. The predicted molar refractivity (Wildman–Crippen MR) is 78.4 cm³/mol. The highest BCUT2D eigenvalue weighted by molar-refractivity contribution is 7.12. The lowest BCUT2D eigenvalue weighted by atomic mass is 9.92. The minimum atomic E-state index is 0.453. The van der Waals surface area contributed by atoms with E-state index in [2.05, 4.69) is 32.2 Å². The van der Waals surface area contributed by atoms with E-state index in [4.69, 9.17) is 4.74 Å². The van der Waals surface area contributed by atoms with Crippen molar-refractivity contribution in [1.82, 2.24) is 5.32 Å². The van der Waals surface area contributed by atoms with Crippen LogP contribution in [-0.2, 0) is 4.74 Å². The van der Waals surface area contributed by atoms with Crippen molar-refractivity contribution in [3.05, 3.63) is 21.4 Å². The Labute approximate surface area is 115 Å². The maximum Gasteiger partial charge on any atom is 0.0586 e. The fraction of sp³-hybridized carbons (Fsp3) is 0.733. The highest BCUT2D eigenvalue weighted by atomic mass is 32.1. The van der Waals surface area contributed by atoms with Crippen LogP contribution in [0.5, 0.6) is 0 Å². The van der Waals surface area contributed by atoms with Crippen molar-refractivity contribution >= 4 is 11.3 Å². The maximum atomic E-state index is 5.50. The molecule has 102 valence electrons. The first kappa shape index (κ1) is 14.0. The average Bonchev–Trinajstić information content (AvgIpc) is 2.69. The van der Waals surface area contributed by atoms with Crippen LogP contribution in [0.25, 0.3) is 0 Å². The van der Waals surface area contributed by atoms with Crippen LogP contribution < -0.4 is 5.32 Å². The Balaban J connectivity index is 1.94. The Kier molecular flexibility index (Phi) is 4.82. The molecule has 1 aromatic heterocycles. The van der Waals surface area contributed by atoms with Gasteiger partial charge in [0, 0.05) is 28.9 Å². The van der Waals surface area contributed by atoms with Gasteiger partial charge in [0.15, 0.2) is 0 Å². The molecule has 0 amide bonds. The minimum absolute atomic E-state index is 0.453. The summed E-state index contributed by atoms with van der Waals surface area (Å²) in [6, 6.07) is 3.39. The number of hydrogen-bond donors (Lipinski definition) is 1. The van der Waals surface area contributed by atoms with E-state index in [1.807, 2.05) is 18.4 Å². The summed E-state index contributed by atoms with van der Waals surface area (Å²) < 4.78 is 5.50. The first-order valence-electron chi connectivity index (χ1n) is 6.96. The highest BCUT2D eigenvalue weighted by Gasteiger charge is 2.23. The first-order valence-corrected chi connectivity index (χ1v) is 7.77. The monoisotopic (exact) mass is 267 g/mol. The highest BCUT2D eigenvalue weighted by Crippen LogP contribution is 2.28. The van der Waals surface area contributed by atoms with Gasteiger partial charge in [0.05, 0.1) is 6.10 Å². The molecule has 1 aliphatic carbocycles. The second-order valence-electron chi connectivity index (χ2n) is 5.48. The van der Waals surface area contributed by atoms with Crippen LogP contribution in [0.4, 0.5) is 0 Å². The number of hydrogen-bond acceptors (Lipinski definition) is 3. The summed E-state index contributed by atoms with van der Waals surface area (Å²) in [5, 5.41) is 3.78.